The molecule has 1 fully saturated rings. The number of esters is 1. The molecule has 1 rings (SSSR count). The predicted octanol–water partition coefficient (Wildman–Crippen LogP) is 7.62. The van der Waals surface area contributed by atoms with E-state index in [1.54, 1.807) is 6.92 Å². The fourth-order valence-corrected chi connectivity index (χ4v) is 5.43. The van der Waals surface area contributed by atoms with E-state index in [9.17, 15) is 4.79 Å². The molecule has 0 aromatic rings. The third kappa shape index (κ3) is 17.5. The third-order valence-electron chi connectivity index (χ3n) is 6.24. The van der Waals surface area contributed by atoms with Gasteiger partial charge >= 0.3 is 5.97 Å². The van der Waals surface area contributed by atoms with Gasteiger partial charge in [0.05, 0.1) is 0 Å². The van der Waals surface area contributed by atoms with Gasteiger partial charge in [0.25, 0.3) is 0 Å². The normalized spacial score (nSPS) is 15.5. The highest BCUT2D eigenvalue weighted by Crippen LogP contribution is 2.17. The summed E-state index contributed by atoms with van der Waals surface area (Å²) in [5.74, 6) is 2.05. The standard InChI is InChI=1S/C26H51NO2S/c1-3-4-5-6-7-8-9-10-11-12-13-14-15-18-23-30-24-26(29-25(2)28)19-22-27-20-16-17-21-27/h26H,3-24H2,1-2H3. The van der Waals surface area contributed by atoms with Crippen molar-refractivity contribution in [2.45, 2.75) is 129 Å². The van der Waals surface area contributed by atoms with Crippen LogP contribution in [0.2, 0.25) is 0 Å². The molecule has 0 aromatic heterocycles. The van der Waals surface area contributed by atoms with E-state index in [1.165, 1.54) is 122 Å². The lowest BCUT2D eigenvalue weighted by molar-refractivity contribution is -0.145. The quantitative estimate of drug-likeness (QED) is 0.135. The van der Waals surface area contributed by atoms with E-state index in [0.29, 0.717) is 0 Å². The monoisotopic (exact) mass is 441 g/mol. The molecule has 0 N–H and O–H groups in total. The van der Waals surface area contributed by atoms with Gasteiger partial charge < -0.3 is 9.64 Å². The zero-order chi connectivity index (χ0) is 21.7. The van der Waals surface area contributed by atoms with E-state index in [-0.39, 0.29) is 12.1 Å². The highest BCUT2D eigenvalue weighted by Gasteiger charge is 2.16. The summed E-state index contributed by atoms with van der Waals surface area (Å²) in [5, 5.41) is 0. The van der Waals surface area contributed by atoms with Crippen LogP contribution in [-0.2, 0) is 9.53 Å². The van der Waals surface area contributed by atoms with Crippen LogP contribution in [-0.4, -0.2) is 48.1 Å². The summed E-state index contributed by atoms with van der Waals surface area (Å²) in [6.45, 7) is 7.35. The van der Waals surface area contributed by atoms with Crippen molar-refractivity contribution < 1.29 is 9.53 Å². The number of thioether (sulfide) groups is 1. The van der Waals surface area contributed by atoms with Gasteiger partial charge in [-0.3, -0.25) is 4.79 Å². The number of rotatable bonds is 21. The maximum absolute atomic E-state index is 11.4. The molecule has 0 amide bonds. The average molecular weight is 442 g/mol. The molecule has 4 heteroatoms. The minimum atomic E-state index is -0.126. The van der Waals surface area contributed by atoms with Crippen LogP contribution in [0.3, 0.4) is 0 Å². The van der Waals surface area contributed by atoms with Crippen molar-refractivity contribution in [1.82, 2.24) is 4.90 Å². The van der Waals surface area contributed by atoms with Crippen molar-refractivity contribution in [3.8, 4) is 0 Å². The number of unbranched alkanes of at least 4 members (excludes halogenated alkanes) is 13. The summed E-state index contributed by atoms with van der Waals surface area (Å²) in [7, 11) is 0. The Kier molecular flexibility index (Phi) is 19.2. The van der Waals surface area contributed by atoms with E-state index in [1.807, 2.05) is 11.8 Å². The van der Waals surface area contributed by atoms with Gasteiger partial charge in [-0.15, -0.1) is 0 Å². The van der Waals surface area contributed by atoms with Crippen LogP contribution >= 0.6 is 11.8 Å². The van der Waals surface area contributed by atoms with Crippen LogP contribution < -0.4 is 0 Å². The summed E-state index contributed by atoms with van der Waals surface area (Å²) >= 11 is 1.97. The fourth-order valence-electron chi connectivity index (χ4n) is 4.36. The molecule has 0 radical (unpaired) electrons. The molecule has 0 saturated carbocycles. The minimum absolute atomic E-state index is 0.0970. The fraction of sp³-hybridized carbons (Fsp3) is 0.962. The van der Waals surface area contributed by atoms with Crippen LogP contribution in [0.1, 0.15) is 123 Å². The van der Waals surface area contributed by atoms with Gasteiger partial charge in [0.2, 0.25) is 0 Å². The molecule has 1 atom stereocenters. The molecule has 178 valence electrons. The second-order valence-electron chi connectivity index (χ2n) is 9.24. The van der Waals surface area contributed by atoms with Gasteiger partial charge in [0.15, 0.2) is 0 Å². The first-order valence-electron chi connectivity index (χ1n) is 13.2. The van der Waals surface area contributed by atoms with E-state index in [4.69, 9.17) is 4.74 Å². The molecule has 0 bridgehead atoms. The molecule has 0 spiro atoms. The van der Waals surface area contributed by atoms with Crippen LogP contribution in [0.25, 0.3) is 0 Å². The van der Waals surface area contributed by atoms with Crippen molar-refractivity contribution in [3.05, 3.63) is 0 Å². The van der Waals surface area contributed by atoms with Crippen molar-refractivity contribution in [2.75, 3.05) is 31.1 Å². The first kappa shape index (κ1) is 27.8. The van der Waals surface area contributed by atoms with Crippen LogP contribution in [0, 0.1) is 0 Å². The molecule has 1 aliphatic rings. The summed E-state index contributed by atoms with van der Waals surface area (Å²) in [4.78, 5) is 13.9. The maximum Gasteiger partial charge on any atom is 0.302 e. The number of ether oxygens (including phenoxy) is 1. The van der Waals surface area contributed by atoms with Gasteiger partial charge in [0.1, 0.15) is 6.10 Å². The second-order valence-corrected chi connectivity index (χ2v) is 10.4. The Morgan fingerprint density at radius 2 is 1.33 bits per heavy atom. The molecule has 1 heterocycles. The predicted molar refractivity (Wildman–Crippen MR) is 133 cm³/mol. The largest absolute Gasteiger partial charge is 0.462 e. The number of nitrogens with zero attached hydrogens (tertiary/aromatic N) is 1. The highest BCUT2D eigenvalue weighted by atomic mass is 32.2. The topological polar surface area (TPSA) is 29.5 Å². The molecule has 0 aromatic carbocycles. The van der Waals surface area contributed by atoms with Crippen molar-refractivity contribution >= 4 is 17.7 Å². The first-order chi connectivity index (χ1) is 14.7. The van der Waals surface area contributed by atoms with Crippen LogP contribution in [0.4, 0.5) is 0 Å². The second kappa shape index (κ2) is 20.7. The lowest BCUT2D eigenvalue weighted by Crippen LogP contribution is -2.28. The summed E-state index contributed by atoms with van der Waals surface area (Å²) in [6.07, 6.45) is 23.5. The van der Waals surface area contributed by atoms with E-state index in [2.05, 4.69) is 11.8 Å². The van der Waals surface area contributed by atoms with E-state index >= 15 is 0 Å². The Hall–Kier alpha value is -0.220. The molecule has 1 aliphatic heterocycles. The van der Waals surface area contributed by atoms with Crippen LogP contribution in [0.15, 0.2) is 0 Å². The Balaban J connectivity index is 1.85. The molecule has 3 nitrogen and oxygen atoms in total. The number of carbonyl (C=O) groups is 1. The Bertz CT molecular complexity index is 385. The van der Waals surface area contributed by atoms with Crippen LogP contribution in [0.5, 0.6) is 0 Å². The van der Waals surface area contributed by atoms with E-state index in [0.717, 1.165) is 18.7 Å². The minimum Gasteiger partial charge on any atom is -0.462 e. The third-order valence-corrected chi connectivity index (χ3v) is 7.43. The smallest absolute Gasteiger partial charge is 0.302 e. The summed E-state index contributed by atoms with van der Waals surface area (Å²) < 4.78 is 5.55. The lowest BCUT2D eigenvalue weighted by Gasteiger charge is -2.20. The molecule has 0 aliphatic carbocycles. The van der Waals surface area contributed by atoms with E-state index < -0.39 is 0 Å². The Morgan fingerprint density at radius 1 is 0.833 bits per heavy atom. The van der Waals surface area contributed by atoms with Gasteiger partial charge in [-0.2, -0.15) is 11.8 Å². The highest BCUT2D eigenvalue weighted by molar-refractivity contribution is 7.99. The van der Waals surface area contributed by atoms with Crippen molar-refractivity contribution in [2.24, 2.45) is 0 Å². The van der Waals surface area contributed by atoms with Gasteiger partial charge in [-0.1, -0.05) is 90.4 Å². The first-order valence-corrected chi connectivity index (χ1v) is 14.3. The zero-order valence-corrected chi connectivity index (χ0v) is 21.1. The van der Waals surface area contributed by atoms with Gasteiger partial charge in [0, 0.05) is 19.2 Å². The number of carbonyl (C=O) groups excluding carboxylic acids is 1. The zero-order valence-electron chi connectivity index (χ0n) is 20.3. The molecular formula is C26H51NO2S. The number of hydrogen-bond donors (Lipinski definition) is 0. The maximum atomic E-state index is 11.4. The lowest BCUT2D eigenvalue weighted by atomic mass is 10.0. The Morgan fingerprint density at radius 3 is 1.83 bits per heavy atom. The van der Waals surface area contributed by atoms with Gasteiger partial charge in [-0.25, -0.2) is 0 Å². The molecule has 1 saturated heterocycles. The number of hydrogen-bond acceptors (Lipinski definition) is 4. The average Bonchev–Trinajstić information content (AvgIpc) is 3.25. The number of likely N-dealkylation sites (tertiary alicyclic amines) is 1. The SMILES string of the molecule is CCCCCCCCCCCCCCCCSCC(CCN1CCCC1)OC(C)=O. The Labute approximate surface area is 192 Å². The van der Waals surface area contributed by atoms with Gasteiger partial charge in [-0.05, 0) is 44.5 Å². The summed E-state index contributed by atoms with van der Waals surface area (Å²) in [5.41, 5.74) is 0. The van der Waals surface area contributed by atoms with Crippen molar-refractivity contribution in [3.63, 3.8) is 0 Å². The molecule has 1 unspecified atom stereocenters. The molecular weight excluding hydrogens is 390 g/mol. The van der Waals surface area contributed by atoms with Crippen molar-refractivity contribution in [1.29, 1.82) is 0 Å². The summed E-state index contributed by atoms with van der Waals surface area (Å²) in [6, 6.07) is 0. The molecule has 30 heavy (non-hydrogen) atoms.